The molecule has 0 bridgehead atoms. The summed E-state index contributed by atoms with van der Waals surface area (Å²) in [6.07, 6.45) is 0. The van der Waals surface area contributed by atoms with E-state index in [4.69, 9.17) is 4.98 Å². The van der Waals surface area contributed by atoms with E-state index in [9.17, 15) is 0 Å². The van der Waals surface area contributed by atoms with Crippen LogP contribution in [0.15, 0.2) is 182 Å². The number of rotatable bonds is 6. The Morgan fingerprint density at radius 1 is 0.375 bits per heavy atom. The van der Waals surface area contributed by atoms with Crippen LogP contribution in [0.1, 0.15) is 0 Å². The van der Waals surface area contributed by atoms with Crippen LogP contribution >= 0.6 is 11.3 Å². The molecule has 2 aromatic heterocycles. The summed E-state index contributed by atoms with van der Waals surface area (Å²) < 4.78 is 1.26. The minimum absolute atomic E-state index is 1.04. The normalized spacial score (nSPS) is 11.3. The molecule has 7 aromatic carbocycles. The molecule has 0 spiro atoms. The molecule has 0 N–H and O–H groups in total. The van der Waals surface area contributed by atoms with Crippen molar-refractivity contribution in [1.82, 2.24) is 4.98 Å². The topological polar surface area (TPSA) is 16.1 Å². The molecular weight excluding hydrogens is 601 g/mol. The fourth-order valence-electron chi connectivity index (χ4n) is 6.60. The maximum Gasteiger partial charge on any atom is 0.125 e. The van der Waals surface area contributed by atoms with Crippen LogP contribution in [0.4, 0.5) is 17.1 Å². The van der Waals surface area contributed by atoms with Crippen LogP contribution in [-0.4, -0.2) is 4.98 Å². The summed E-state index contributed by atoms with van der Waals surface area (Å²) in [6.45, 7) is 0. The molecule has 2 nitrogen and oxygen atoms in total. The van der Waals surface area contributed by atoms with E-state index in [0.717, 1.165) is 27.4 Å². The lowest BCUT2D eigenvalue weighted by atomic mass is 10.0. The third-order valence-electron chi connectivity index (χ3n) is 9.09. The standard InChI is InChI=1S/C45H30N2S/c1-3-9-31(10-4-1)33-15-22-38(23-16-33)47(39-24-17-34(18-25-39)32-11-5-2-6-12-32)40-26-19-35(20-27-40)36-21-28-44-41(29-36)42-30-37-13-7-8-14-43(37)46-45(42)48-44/h1-30H. The van der Waals surface area contributed by atoms with Crippen molar-refractivity contribution in [1.29, 1.82) is 0 Å². The highest BCUT2D eigenvalue weighted by Crippen LogP contribution is 2.40. The molecule has 0 saturated carbocycles. The van der Waals surface area contributed by atoms with Gasteiger partial charge in [-0.15, -0.1) is 11.3 Å². The zero-order chi connectivity index (χ0) is 31.9. The van der Waals surface area contributed by atoms with Gasteiger partial charge in [0.1, 0.15) is 4.83 Å². The van der Waals surface area contributed by atoms with Crippen molar-refractivity contribution >= 4 is 59.6 Å². The summed E-state index contributed by atoms with van der Waals surface area (Å²) in [5.41, 5.74) is 11.6. The molecule has 226 valence electrons. The Hall–Kier alpha value is -6.03. The van der Waals surface area contributed by atoms with Gasteiger partial charge >= 0.3 is 0 Å². The molecule has 0 amide bonds. The summed E-state index contributed by atoms with van der Waals surface area (Å²) in [6, 6.07) is 65.2. The second-order valence-electron chi connectivity index (χ2n) is 12.1. The summed E-state index contributed by atoms with van der Waals surface area (Å²) >= 11 is 1.76. The van der Waals surface area contributed by atoms with Crippen LogP contribution in [0, 0.1) is 0 Å². The third kappa shape index (κ3) is 5.21. The number of thiophene rings is 1. The first-order valence-corrected chi connectivity index (χ1v) is 17.0. The van der Waals surface area contributed by atoms with E-state index in [2.05, 4.69) is 187 Å². The summed E-state index contributed by atoms with van der Waals surface area (Å²) in [5, 5.41) is 3.65. The van der Waals surface area contributed by atoms with E-state index < -0.39 is 0 Å². The van der Waals surface area contributed by atoms with Gasteiger partial charge in [-0.05, 0) is 94.0 Å². The van der Waals surface area contributed by atoms with Crippen LogP contribution in [0.5, 0.6) is 0 Å². The zero-order valence-corrected chi connectivity index (χ0v) is 26.9. The number of fused-ring (bicyclic) bond motifs is 4. The molecule has 3 heteroatoms. The fourth-order valence-corrected chi connectivity index (χ4v) is 7.65. The highest BCUT2D eigenvalue weighted by Gasteiger charge is 2.15. The van der Waals surface area contributed by atoms with Gasteiger partial charge in [0.05, 0.1) is 5.52 Å². The molecule has 2 heterocycles. The first-order chi connectivity index (χ1) is 23.8. The molecule has 48 heavy (non-hydrogen) atoms. The molecule has 0 aliphatic heterocycles. The Balaban J connectivity index is 1.09. The van der Waals surface area contributed by atoms with Gasteiger partial charge in [0.25, 0.3) is 0 Å². The molecule has 9 aromatic rings. The lowest BCUT2D eigenvalue weighted by molar-refractivity contribution is 1.28. The number of benzene rings is 7. The Kier molecular flexibility index (Phi) is 7.03. The van der Waals surface area contributed by atoms with E-state index in [0.29, 0.717) is 0 Å². The molecule has 0 aliphatic rings. The zero-order valence-electron chi connectivity index (χ0n) is 26.1. The highest BCUT2D eigenvalue weighted by molar-refractivity contribution is 7.25. The molecule has 0 fully saturated rings. The average Bonchev–Trinajstić information content (AvgIpc) is 3.52. The van der Waals surface area contributed by atoms with Crippen molar-refractivity contribution in [3.63, 3.8) is 0 Å². The van der Waals surface area contributed by atoms with Gasteiger partial charge in [0, 0.05) is 37.9 Å². The Bertz CT molecular complexity index is 2440. The largest absolute Gasteiger partial charge is 0.311 e. The van der Waals surface area contributed by atoms with Gasteiger partial charge in [-0.1, -0.05) is 121 Å². The predicted octanol–water partition coefficient (Wildman–Crippen LogP) is 13.1. The Morgan fingerprint density at radius 2 is 0.833 bits per heavy atom. The minimum Gasteiger partial charge on any atom is -0.311 e. The monoisotopic (exact) mass is 630 g/mol. The number of anilines is 3. The van der Waals surface area contributed by atoms with Gasteiger partial charge < -0.3 is 4.90 Å². The lowest BCUT2D eigenvalue weighted by Gasteiger charge is -2.26. The van der Waals surface area contributed by atoms with E-state index >= 15 is 0 Å². The lowest BCUT2D eigenvalue weighted by Crippen LogP contribution is -2.09. The van der Waals surface area contributed by atoms with E-state index in [1.165, 1.54) is 54.2 Å². The van der Waals surface area contributed by atoms with Crippen LogP contribution in [0.3, 0.4) is 0 Å². The summed E-state index contributed by atoms with van der Waals surface area (Å²) in [5.74, 6) is 0. The fraction of sp³-hybridized carbons (Fsp3) is 0. The van der Waals surface area contributed by atoms with Crippen molar-refractivity contribution in [2.75, 3.05) is 4.90 Å². The summed E-state index contributed by atoms with van der Waals surface area (Å²) in [7, 11) is 0. The van der Waals surface area contributed by atoms with Gasteiger partial charge in [-0.3, -0.25) is 0 Å². The molecule has 0 unspecified atom stereocenters. The first kappa shape index (κ1) is 28.2. The molecule has 0 atom stereocenters. The molecule has 0 radical (unpaired) electrons. The van der Waals surface area contributed by atoms with Gasteiger partial charge in [0.15, 0.2) is 0 Å². The Morgan fingerprint density at radius 3 is 1.40 bits per heavy atom. The smallest absolute Gasteiger partial charge is 0.125 e. The van der Waals surface area contributed by atoms with E-state index in [1.54, 1.807) is 11.3 Å². The van der Waals surface area contributed by atoms with Crippen LogP contribution in [0.2, 0.25) is 0 Å². The first-order valence-electron chi connectivity index (χ1n) is 16.2. The second-order valence-corrected chi connectivity index (χ2v) is 13.1. The molecule has 0 aliphatic carbocycles. The van der Waals surface area contributed by atoms with Crippen LogP contribution < -0.4 is 4.90 Å². The van der Waals surface area contributed by atoms with Crippen LogP contribution in [0.25, 0.3) is 64.6 Å². The van der Waals surface area contributed by atoms with Crippen LogP contribution in [-0.2, 0) is 0 Å². The number of hydrogen-bond acceptors (Lipinski definition) is 3. The van der Waals surface area contributed by atoms with Gasteiger partial charge in [0.2, 0.25) is 0 Å². The Labute approximate surface area is 283 Å². The highest BCUT2D eigenvalue weighted by atomic mass is 32.1. The SMILES string of the molecule is c1ccc(-c2ccc(N(c3ccc(-c4ccccc4)cc3)c3ccc(-c4ccc5sc6nc7ccccc7cc6c5c4)cc3)cc2)cc1. The summed E-state index contributed by atoms with van der Waals surface area (Å²) in [4.78, 5) is 8.38. The van der Waals surface area contributed by atoms with Crippen molar-refractivity contribution < 1.29 is 0 Å². The van der Waals surface area contributed by atoms with Crippen molar-refractivity contribution in [3.05, 3.63) is 182 Å². The maximum absolute atomic E-state index is 4.96. The second kappa shape index (κ2) is 12.0. The van der Waals surface area contributed by atoms with E-state index in [1.807, 2.05) is 0 Å². The third-order valence-corrected chi connectivity index (χ3v) is 10.2. The predicted molar refractivity (Wildman–Crippen MR) is 206 cm³/mol. The van der Waals surface area contributed by atoms with Crippen molar-refractivity contribution in [2.45, 2.75) is 0 Å². The molecule has 0 saturated heterocycles. The number of aromatic nitrogens is 1. The van der Waals surface area contributed by atoms with Gasteiger partial charge in [-0.25, -0.2) is 4.98 Å². The average molecular weight is 631 g/mol. The minimum atomic E-state index is 1.04. The number of pyridine rings is 1. The van der Waals surface area contributed by atoms with Gasteiger partial charge in [-0.2, -0.15) is 0 Å². The van der Waals surface area contributed by atoms with Crippen molar-refractivity contribution in [3.8, 4) is 33.4 Å². The quantitative estimate of drug-likeness (QED) is 0.182. The molecular formula is C45H30N2S. The molecule has 9 rings (SSSR count). The number of para-hydroxylation sites is 1. The van der Waals surface area contributed by atoms with Crippen molar-refractivity contribution in [2.24, 2.45) is 0 Å². The number of hydrogen-bond donors (Lipinski definition) is 0. The maximum atomic E-state index is 4.96. The number of nitrogens with zero attached hydrogens (tertiary/aromatic N) is 2. The van der Waals surface area contributed by atoms with E-state index in [-0.39, 0.29) is 0 Å².